The van der Waals surface area contributed by atoms with Gasteiger partial charge in [-0.05, 0) is 37.0 Å². The maximum atomic E-state index is 12.1. The first-order chi connectivity index (χ1) is 12.8. The molecule has 7 nitrogen and oxygen atoms in total. The average Bonchev–Trinajstić information content (AvgIpc) is 3.21. The Bertz CT molecular complexity index is 1130. The second-order valence-corrected chi connectivity index (χ2v) is 8.94. The van der Waals surface area contributed by atoms with Crippen molar-refractivity contribution in [2.75, 3.05) is 12.4 Å². The number of rotatable bonds is 4. The Hall–Kier alpha value is -2.32. The first-order valence-electron chi connectivity index (χ1n) is 8.43. The van der Waals surface area contributed by atoms with E-state index in [0.717, 1.165) is 29.2 Å². The minimum absolute atomic E-state index is 0.161. The van der Waals surface area contributed by atoms with E-state index in [2.05, 4.69) is 5.32 Å². The minimum Gasteiger partial charge on any atom is -0.482 e. The molecule has 0 spiro atoms. The molecule has 0 fully saturated rings. The van der Waals surface area contributed by atoms with Gasteiger partial charge in [0.1, 0.15) is 11.3 Å². The predicted octanol–water partition coefficient (Wildman–Crippen LogP) is 1.74. The van der Waals surface area contributed by atoms with Crippen LogP contribution in [0.4, 0.5) is 0 Å². The van der Waals surface area contributed by atoms with E-state index in [1.54, 1.807) is 6.07 Å². The molecular weight excluding hydrogens is 394 g/mol. The number of hydrogen-bond donors (Lipinski definition) is 1. The average molecular weight is 410 g/mol. The lowest BCUT2D eigenvalue weighted by atomic mass is 10.1. The first-order valence-corrected chi connectivity index (χ1v) is 10.5. The molecule has 2 aromatic rings. The fraction of sp³-hybridized carbons (Fsp3) is 0.333. The van der Waals surface area contributed by atoms with Crippen LogP contribution in [0, 0.1) is 0 Å². The van der Waals surface area contributed by atoms with Crippen molar-refractivity contribution in [3.8, 4) is 5.75 Å². The van der Waals surface area contributed by atoms with Crippen LogP contribution in [-0.4, -0.2) is 32.7 Å². The van der Waals surface area contributed by atoms with Gasteiger partial charge >= 0.3 is 5.63 Å². The highest BCUT2D eigenvalue weighted by Crippen LogP contribution is 2.34. The van der Waals surface area contributed by atoms with Crippen LogP contribution < -0.4 is 15.7 Å². The summed E-state index contributed by atoms with van der Waals surface area (Å²) in [6, 6.07) is 2.62. The second kappa shape index (κ2) is 6.69. The van der Waals surface area contributed by atoms with Crippen LogP contribution in [0.5, 0.6) is 5.75 Å². The molecule has 0 saturated carbocycles. The molecule has 0 saturated heterocycles. The first kappa shape index (κ1) is 18.1. The number of carbonyl (C=O) groups excluding carboxylic acids is 1. The van der Waals surface area contributed by atoms with Gasteiger partial charge in [-0.15, -0.1) is 0 Å². The summed E-state index contributed by atoms with van der Waals surface area (Å²) >= 11 is 6.27. The molecule has 1 N–H and O–H groups in total. The maximum absolute atomic E-state index is 12.1. The van der Waals surface area contributed by atoms with Crippen molar-refractivity contribution in [1.82, 2.24) is 5.32 Å². The standard InChI is InChI=1S/C18H16ClNO6S/c19-14-6-13-11-2-1-3-12(11)18(22)26-15(13)7-16(14)25-8-17(21)20-10-4-5-27(23,24)9-10/h4-7,10H,1-3,8-9H2,(H,20,21)/t10-/m0/s1. The van der Waals surface area contributed by atoms with Crippen molar-refractivity contribution in [3.63, 3.8) is 0 Å². The van der Waals surface area contributed by atoms with Gasteiger partial charge in [0.05, 0.1) is 16.8 Å². The molecule has 1 aromatic carbocycles. The lowest BCUT2D eigenvalue weighted by Gasteiger charge is -2.12. The highest BCUT2D eigenvalue weighted by Gasteiger charge is 2.24. The van der Waals surface area contributed by atoms with Crippen molar-refractivity contribution in [2.45, 2.75) is 25.3 Å². The Morgan fingerprint density at radius 2 is 2.07 bits per heavy atom. The smallest absolute Gasteiger partial charge is 0.339 e. The molecule has 0 bridgehead atoms. The number of benzene rings is 1. The number of ether oxygens (including phenoxy) is 1. The van der Waals surface area contributed by atoms with E-state index in [0.29, 0.717) is 22.6 Å². The monoisotopic (exact) mass is 409 g/mol. The molecule has 0 radical (unpaired) electrons. The molecule has 4 rings (SSSR count). The molecule has 2 aliphatic rings. The van der Waals surface area contributed by atoms with Crippen molar-refractivity contribution in [1.29, 1.82) is 0 Å². The third kappa shape index (κ3) is 3.59. The summed E-state index contributed by atoms with van der Waals surface area (Å²) in [5.74, 6) is -0.422. The summed E-state index contributed by atoms with van der Waals surface area (Å²) in [7, 11) is -3.25. The van der Waals surface area contributed by atoms with Gasteiger partial charge < -0.3 is 14.5 Å². The number of amides is 1. The molecule has 0 unspecified atom stereocenters. The highest BCUT2D eigenvalue weighted by molar-refractivity contribution is 7.94. The van der Waals surface area contributed by atoms with Crippen LogP contribution in [0.2, 0.25) is 5.02 Å². The number of fused-ring (bicyclic) bond motifs is 3. The van der Waals surface area contributed by atoms with Crippen LogP contribution in [-0.2, 0) is 27.5 Å². The van der Waals surface area contributed by atoms with Gasteiger partial charge in [0, 0.05) is 22.4 Å². The minimum atomic E-state index is -3.25. The number of halogens is 1. The van der Waals surface area contributed by atoms with E-state index in [1.165, 1.54) is 12.1 Å². The van der Waals surface area contributed by atoms with E-state index in [4.69, 9.17) is 20.8 Å². The largest absolute Gasteiger partial charge is 0.482 e. The summed E-state index contributed by atoms with van der Waals surface area (Å²) in [5.41, 5.74) is 1.67. The zero-order chi connectivity index (χ0) is 19.2. The fourth-order valence-electron chi connectivity index (χ4n) is 3.45. The third-order valence-electron chi connectivity index (χ3n) is 4.66. The number of carbonyl (C=O) groups is 1. The van der Waals surface area contributed by atoms with Crippen molar-refractivity contribution in [2.24, 2.45) is 0 Å². The Kier molecular flexibility index (Phi) is 4.47. The third-order valence-corrected chi connectivity index (χ3v) is 6.35. The molecule has 1 aliphatic carbocycles. The Balaban J connectivity index is 1.50. The van der Waals surface area contributed by atoms with Crippen LogP contribution in [0.3, 0.4) is 0 Å². The van der Waals surface area contributed by atoms with Crippen LogP contribution >= 0.6 is 11.6 Å². The highest BCUT2D eigenvalue weighted by atomic mass is 35.5. The summed E-state index contributed by atoms with van der Waals surface area (Å²) in [6.45, 7) is -0.342. The topological polar surface area (TPSA) is 103 Å². The van der Waals surface area contributed by atoms with E-state index < -0.39 is 21.8 Å². The van der Waals surface area contributed by atoms with E-state index in [-0.39, 0.29) is 23.7 Å². The Labute approximate surface area is 159 Å². The number of aryl methyl sites for hydroxylation is 1. The number of hydrogen-bond acceptors (Lipinski definition) is 6. The summed E-state index contributed by atoms with van der Waals surface area (Å²) in [6.07, 6.45) is 3.83. The zero-order valence-electron chi connectivity index (χ0n) is 14.2. The number of sulfone groups is 1. The predicted molar refractivity (Wildman–Crippen MR) is 99.9 cm³/mol. The van der Waals surface area contributed by atoms with E-state index in [9.17, 15) is 18.0 Å². The van der Waals surface area contributed by atoms with Gasteiger partial charge in [-0.3, -0.25) is 4.79 Å². The summed E-state index contributed by atoms with van der Waals surface area (Å²) in [5, 5.41) is 4.73. The molecule has 2 heterocycles. The molecule has 1 amide bonds. The van der Waals surface area contributed by atoms with Crippen molar-refractivity contribution >= 4 is 38.3 Å². The number of nitrogens with one attached hydrogen (secondary N) is 1. The molecule has 27 heavy (non-hydrogen) atoms. The molecular formula is C18H16ClNO6S. The van der Waals surface area contributed by atoms with Crippen LogP contribution in [0.15, 0.2) is 32.8 Å². The van der Waals surface area contributed by atoms with Crippen LogP contribution in [0.1, 0.15) is 17.5 Å². The summed E-state index contributed by atoms with van der Waals surface area (Å²) in [4.78, 5) is 24.1. The molecule has 1 aliphatic heterocycles. The van der Waals surface area contributed by atoms with Gasteiger partial charge in [0.15, 0.2) is 16.4 Å². The Morgan fingerprint density at radius 1 is 1.30 bits per heavy atom. The SMILES string of the molecule is O=C(COc1cc2oc(=O)c3c(c2cc1Cl)CCC3)N[C@H]1C=CS(=O)(=O)C1. The van der Waals surface area contributed by atoms with Crippen molar-refractivity contribution in [3.05, 3.63) is 50.2 Å². The molecule has 1 aromatic heterocycles. The fourth-order valence-corrected chi connectivity index (χ4v) is 4.90. The normalized spacial score (nSPS) is 20.0. The van der Waals surface area contributed by atoms with Gasteiger partial charge in [-0.25, -0.2) is 13.2 Å². The lowest BCUT2D eigenvalue weighted by molar-refractivity contribution is -0.123. The maximum Gasteiger partial charge on any atom is 0.339 e. The quantitative estimate of drug-likeness (QED) is 0.771. The van der Waals surface area contributed by atoms with Gasteiger partial charge in [-0.1, -0.05) is 11.6 Å². The van der Waals surface area contributed by atoms with Crippen molar-refractivity contribution < 1.29 is 22.4 Å². The Morgan fingerprint density at radius 3 is 2.81 bits per heavy atom. The molecule has 1 atom stereocenters. The molecule has 9 heteroatoms. The zero-order valence-corrected chi connectivity index (χ0v) is 15.7. The van der Waals surface area contributed by atoms with Crippen LogP contribution in [0.25, 0.3) is 11.0 Å². The lowest BCUT2D eigenvalue weighted by Crippen LogP contribution is -2.38. The van der Waals surface area contributed by atoms with Gasteiger partial charge in [0.25, 0.3) is 5.91 Å². The summed E-state index contributed by atoms with van der Waals surface area (Å²) < 4.78 is 33.5. The van der Waals surface area contributed by atoms with E-state index >= 15 is 0 Å². The molecule has 142 valence electrons. The van der Waals surface area contributed by atoms with Gasteiger partial charge in [0.2, 0.25) is 0 Å². The van der Waals surface area contributed by atoms with Gasteiger partial charge in [-0.2, -0.15) is 0 Å². The van der Waals surface area contributed by atoms with E-state index in [1.807, 2.05) is 0 Å². The second-order valence-electron chi connectivity index (χ2n) is 6.60.